The minimum absolute atomic E-state index is 0.00732. The molecule has 19 heavy (non-hydrogen) atoms. The highest BCUT2D eigenvalue weighted by Crippen LogP contribution is 2.35. The predicted octanol–water partition coefficient (Wildman–Crippen LogP) is 0.713. The molecule has 6 heteroatoms. The third-order valence-electron chi connectivity index (χ3n) is 3.03. The lowest BCUT2D eigenvalue weighted by Gasteiger charge is -2.32. The highest BCUT2D eigenvalue weighted by molar-refractivity contribution is 5.96. The number of morpholine rings is 1. The summed E-state index contributed by atoms with van der Waals surface area (Å²) in [5.74, 6) is 1.03. The van der Waals surface area contributed by atoms with E-state index >= 15 is 0 Å². The highest BCUT2D eigenvalue weighted by atomic mass is 16.6. The number of hydrogen-bond donors (Lipinski definition) is 0. The maximum Gasteiger partial charge on any atom is 0.254 e. The molecular formula is C13H12N2O4. The summed E-state index contributed by atoms with van der Waals surface area (Å²) >= 11 is 0. The van der Waals surface area contributed by atoms with Gasteiger partial charge in [-0.25, -0.2) is 0 Å². The Morgan fingerprint density at radius 1 is 1.26 bits per heavy atom. The van der Waals surface area contributed by atoms with Gasteiger partial charge in [-0.2, -0.15) is 5.26 Å². The van der Waals surface area contributed by atoms with E-state index in [1.165, 1.54) is 4.90 Å². The molecule has 1 fully saturated rings. The van der Waals surface area contributed by atoms with Crippen LogP contribution in [0.2, 0.25) is 0 Å². The first-order chi connectivity index (χ1) is 9.29. The Hall–Kier alpha value is -2.26. The monoisotopic (exact) mass is 260 g/mol. The van der Waals surface area contributed by atoms with Crippen LogP contribution >= 0.6 is 0 Å². The number of amides is 1. The summed E-state index contributed by atoms with van der Waals surface area (Å²) in [6, 6.07) is 6.69. The Morgan fingerprint density at radius 3 is 2.84 bits per heavy atom. The van der Waals surface area contributed by atoms with Gasteiger partial charge in [0.2, 0.25) is 0 Å². The maximum atomic E-state index is 11.9. The number of anilines is 1. The van der Waals surface area contributed by atoms with Crippen molar-refractivity contribution in [2.75, 3.05) is 31.3 Å². The summed E-state index contributed by atoms with van der Waals surface area (Å²) in [5, 5.41) is 9.10. The first-order valence-corrected chi connectivity index (χ1v) is 5.98. The first-order valence-electron chi connectivity index (χ1n) is 5.98. The van der Waals surface area contributed by atoms with E-state index in [0.717, 1.165) is 0 Å². The van der Waals surface area contributed by atoms with Crippen molar-refractivity contribution in [3.8, 4) is 17.6 Å². The molecule has 2 heterocycles. The van der Waals surface area contributed by atoms with E-state index < -0.39 is 6.04 Å². The molecule has 1 amide bonds. The molecule has 3 rings (SSSR count). The second kappa shape index (κ2) is 4.78. The number of carbonyl (C=O) groups excluding carboxylic acids is 1. The van der Waals surface area contributed by atoms with Gasteiger partial charge in [0.15, 0.2) is 11.5 Å². The zero-order valence-electron chi connectivity index (χ0n) is 10.2. The second-order valence-corrected chi connectivity index (χ2v) is 4.25. The van der Waals surface area contributed by atoms with Crippen LogP contribution in [0.25, 0.3) is 0 Å². The van der Waals surface area contributed by atoms with Crippen molar-refractivity contribution >= 4 is 11.6 Å². The minimum Gasteiger partial charge on any atom is -0.486 e. The van der Waals surface area contributed by atoms with Crippen molar-refractivity contribution in [3.63, 3.8) is 0 Å². The van der Waals surface area contributed by atoms with Crippen LogP contribution in [0.5, 0.6) is 11.5 Å². The van der Waals surface area contributed by atoms with Crippen LogP contribution in [0, 0.1) is 11.3 Å². The minimum atomic E-state index is -0.608. The molecule has 0 aromatic heterocycles. The van der Waals surface area contributed by atoms with Crippen molar-refractivity contribution in [2.45, 2.75) is 6.04 Å². The quantitative estimate of drug-likeness (QED) is 0.743. The fraction of sp³-hybridized carbons (Fsp3) is 0.385. The van der Waals surface area contributed by atoms with E-state index in [4.69, 9.17) is 19.5 Å². The number of benzene rings is 1. The number of ether oxygens (including phenoxy) is 3. The van der Waals surface area contributed by atoms with Crippen LogP contribution in [0.4, 0.5) is 5.69 Å². The van der Waals surface area contributed by atoms with E-state index in [1.54, 1.807) is 18.2 Å². The molecule has 2 aliphatic rings. The fourth-order valence-corrected chi connectivity index (χ4v) is 2.18. The summed E-state index contributed by atoms with van der Waals surface area (Å²) < 4.78 is 16.0. The van der Waals surface area contributed by atoms with Gasteiger partial charge in [0.05, 0.1) is 12.7 Å². The first kappa shape index (κ1) is 11.8. The van der Waals surface area contributed by atoms with Gasteiger partial charge in [0.1, 0.15) is 25.9 Å². The number of rotatable bonds is 1. The zero-order chi connectivity index (χ0) is 13.2. The Balaban J connectivity index is 1.96. The largest absolute Gasteiger partial charge is 0.486 e. The molecule has 2 aliphatic heterocycles. The molecule has 1 aromatic rings. The van der Waals surface area contributed by atoms with Crippen LogP contribution in [0.1, 0.15) is 0 Å². The maximum absolute atomic E-state index is 11.9. The predicted molar refractivity (Wildman–Crippen MR) is 65.1 cm³/mol. The third kappa shape index (κ3) is 2.09. The lowest BCUT2D eigenvalue weighted by atomic mass is 10.2. The van der Waals surface area contributed by atoms with E-state index in [-0.39, 0.29) is 19.1 Å². The number of nitrogens with zero attached hydrogens (tertiary/aromatic N) is 2. The molecule has 0 N–H and O–H groups in total. The summed E-state index contributed by atoms with van der Waals surface area (Å²) in [6.45, 7) is 1.21. The lowest BCUT2D eigenvalue weighted by molar-refractivity contribution is -0.126. The van der Waals surface area contributed by atoms with Gasteiger partial charge >= 0.3 is 0 Å². The molecule has 1 aromatic carbocycles. The summed E-state index contributed by atoms with van der Waals surface area (Å²) in [6.07, 6.45) is 0. The van der Waals surface area contributed by atoms with Gasteiger partial charge in [-0.05, 0) is 12.1 Å². The molecule has 98 valence electrons. The van der Waals surface area contributed by atoms with Crippen molar-refractivity contribution in [3.05, 3.63) is 18.2 Å². The molecule has 1 saturated heterocycles. The summed E-state index contributed by atoms with van der Waals surface area (Å²) in [7, 11) is 0. The summed E-state index contributed by atoms with van der Waals surface area (Å²) in [5.41, 5.74) is 0.629. The standard InChI is InChI=1S/C13H12N2O4/c14-6-10-7-17-8-13(16)15(10)9-1-2-11-12(5-9)19-4-3-18-11/h1-2,5,10H,3-4,7-8H2. The van der Waals surface area contributed by atoms with Crippen molar-refractivity contribution in [1.82, 2.24) is 0 Å². The number of hydrogen-bond acceptors (Lipinski definition) is 5. The molecule has 0 bridgehead atoms. The van der Waals surface area contributed by atoms with Crippen LogP contribution in [-0.4, -0.2) is 38.4 Å². The Kier molecular flexibility index (Phi) is 2.97. The van der Waals surface area contributed by atoms with Crippen LogP contribution < -0.4 is 14.4 Å². The van der Waals surface area contributed by atoms with Gasteiger partial charge < -0.3 is 14.2 Å². The molecule has 6 nitrogen and oxygen atoms in total. The fourth-order valence-electron chi connectivity index (χ4n) is 2.18. The molecule has 0 spiro atoms. The topological polar surface area (TPSA) is 71.8 Å². The van der Waals surface area contributed by atoms with Crippen LogP contribution in [-0.2, 0) is 9.53 Å². The molecule has 0 saturated carbocycles. The average Bonchev–Trinajstić information content (AvgIpc) is 2.46. The Morgan fingerprint density at radius 2 is 2.05 bits per heavy atom. The van der Waals surface area contributed by atoms with E-state index in [9.17, 15) is 4.79 Å². The van der Waals surface area contributed by atoms with Gasteiger partial charge in [-0.1, -0.05) is 0 Å². The molecular weight excluding hydrogens is 248 g/mol. The lowest BCUT2D eigenvalue weighted by Crippen LogP contribution is -2.49. The molecule has 1 unspecified atom stereocenters. The smallest absolute Gasteiger partial charge is 0.254 e. The van der Waals surface area contributed by atoms with E-state index in [2.05, 4.69) is 6.07 Å². The SMILES string of the molecule is N#CC1COCC(=O)N1c1ccc2c(c1)OCCO2. The Labute approximate surface area is 110 Å². The number of nitriles is 1. The van der Waals surface area contributed by atoms with Gasteiger partial charge in [0, 0.05) is 11.8 Å². The van der Waals surface area contributed by atoms with Crippen LogP contribution in [0.3, 0.4) is 0 Å². The van der Waals surface area contributed by atoms with Gasteiger partial charge in [-0.15, -0.1) is 0 Å². The van der Waals surface area contributed by atoms with Gasteiger partial charge in [0.25, 0.3) is 5.91 Å². The summed E-state index contributed by atoms with van der Waals surface area (Å²) in [4.78, 5) is 13.4. The van der Waals surface area contributed by atoms with Crippen molar-refractivity contribution in [2.24, 2.45) is 0 Å². The van der Waals surface area contributed by atoms with E-state index in [0.29, 0.717) is 30.4 Å². The molecule has 0 radical (unpaired) electrons. The van der Waals surface area contributed by atoms with Crippen molar-refractivity contribution in [1.29, 1.82) is 5.26 Å². The van der Waals surface area contributed by atoms with Crippen molar-refractivity contribution < 1.29 is 19.0 Å². The second-order valence-electron chi connectivity index (χ2n) is 4.25. The molecule has 0 aliphatic carbocycles. The highest BCUT2D eigenvalue weighted by Gasteiger charge is 2.30. The molecule has 1 atom stereocenters. The van der Waals surface area contributed by atoms with Crippen LogP contribution in [0.15, 0.2) is 18.2 Å². The average molecular weight is 260 g/mol. The normalized spacial score (nSPS) is 21.9. The number of fused-ring (bicyclic) bond motifs is 1. The van der Waals surface area contributed by atoms with E-state index in [1.807, 2.05) is 0 Å². The number of carbonyl (C=O) groups is 1. The van der Waals surface area contributed by atoms with Gasteiger partial charge in [-0.3, -0.25) is 9.69 Å². The zero-order valence-corrected chi connectivity index (χ0v) is 10.2. The third-order valence-corrected chi connectivity index (χ3v) is 3.03. The Bertz CT molecular complexity index is 552.